The lowest BCUT2D eigenvalue weighted by atomic mass is 9.90. The zero-order valence-corrected chi connectivity index (χ0v) is 18.8. The molecule has 29 heavy (non-hydrogen) atoms. The SMILES string of the molecule is CCCCCC=CC(Sc1ccccc1)C1C(OC(C)OCC)CC(=O)C1CO. The second kappa shape index (κ2) is 13.2. The molecule has 4 nitrogen and oxygen atoms in total. The Morgan fingerprint density at radius 3 is 2.66 bits per heavy atom. The molecule has 1 aromatic rings. The Hall–Kier alpha value is -1.14. The fraction of sp³-hybridized carbons (Fsp3) is 0.625. The van der Waals surface area contributed by atoms with E-state index < -0.39 is 5.92 Å². The zero-order chi connectivity index (χ0) is 21.1. The van der Waals surface area contributed by atoms with Gasteiger partial charge in [-0.1, -0.05) is 50.1 Å². The van der Waals surface area contributed by atoms with E-state index in [-0.39, 0.29) is 36.0 Å². The van der Waals surface area contributed by atoms with E-state index in [0.717, 1.165) is 11.3 Å². The molecule has 0 amide bonds. The molecular formula is C24H36O4S. The summed E-state index contributed by atoms with van der Waals surface area (Å²) in [6.45, 7) is 6.44. The number of allylic oxidation sites excluding steroid dienone is 1. The van der Waals surface area contributed by atoms with Crippen molar-refractivity contribution in [1.29, 1.82) is 0 Å². The van der Waals surface area contributed by atoms with E-state index >= 15 is 0 Å². The number of Topliss-reactive ketones (excluding diaryl/α,β-unsaturated/α-hetero) is 1. The number of hydrogen-bond donors (Lipinski definition) is 1. The van der Waals surface area contributed by atoms with Crippen LogP contribution in [0.2, 0.25) is 0 Å². The van der Waals surface area contributed by atoms with Crippen LogP contribution in [0.3, 0.4) is 0 Å². The van der Waals surface area contributed by atoms with Crippen LogP contribution >= 0.6 is 11.8 Å². The number of carbonyl (C=O) groups excluding carboxylic acids is 1. The van der Waals surface area contributed by atoms with Crippen molar-refractivity contribution >= 4 is 17.5 Å². The van der Waals surface area contributed by atoms with Gasteiger partial charge in [0.1, 0.15) is 5.78 Å². The highest BCUT2D eigenvalue weighted by Crippen LogP contribution is 2.42. The Balaban J connectivity index is 2.22. The maximum atomic E-state index is 12.6. The molecule has 2 rings (SSSR count). The van der Waals surface area contributed by atoms with Crippen LogP contribution in [-0.2, 0) is 14.3 Å². The molecule has 1 saturated carbocycles. The van der Waals surface area contributed by atoms with Gasteiger partial charge in [-0.25, -0.2) is 0 Å². The van der Waals surface area contributed by atoms with Gasteiger partial charge in [0.25, 0.3) is 0 Å². The molecule has 1 N–H and O–H groups in total. The van der Waals surface area contributed by atoms with Crippen LogP contribution in [0.15, 0.2) is 47.4 Å². The monoisotopic (exact) mass is 420 g/mol. The van der Waals surface area contributed by atoms with Gasteiger partial charge in [0.15, 0.2) is 6.29 Å². The molecule has 0 aromatic heterocycles. The number of unbranched alkanes of at least 4 members (excludes halogenated alkanes) is 3. The van der Waals surface area contributed by atoms with Gasteiger partial charge in [0, 0.05) is 35.0 Å². The number of aliphatic hydroxyl groups excluding tert-OH is 1. The molecule has 0 aliphatic heterocycles. The maximum absolute atomic E-state index is 12.6. The number of rotatable bonds is 13. The van der Waals surface area contributed by atoms with Crippen molar-refractivity contribution in [2.45, 2.75) is 75.4 Å². The third kappa shape index (κ3) is 7.56. The van der Waals surface area contributed by atoms with Crippen LogP contribution in [0.1, 0.15) is 52.9 Å². The molecule has 0 spiro atoms. The van der Waals surface area contributed by atoms with Gasteiger partial charge < -0.3 is 14.6 Å². The summed E-state index contributed by atoms with van der Waals surface area (Å²) in [5, 5.41) is 10.0. The van der Waals surface area contributed by atoms with Gasteiger partial charge in [-0.2, -0.15) is 0 Å². The summed E-state index contributed by atoms with van der Waals surface area (Å²) in [7, 11) is 0. The number of carbonyl (C=O) groups is 1. The second-order valence-corrected chi connectivity index (χ2v) is 8.81. The quantitative estimate of drug-likeness (QED) is 0.204. The Kier molecular flexibility index (Phi) is 11.0. The van der Waals surface area contributed by atoms with Crippen molar-refractivity contribution in [3.05, 3.63) is 42.5 Å². The largest absolute Gasteiger partial charge is 0.396 e. The highest BCUT2D eigenvalue weighted by atomic mass is 32.2. The van der Waals surface area contributed by atoms with Crippen molar-refractivity contribution in [3.8, 4) is 0 Å². The third-order valence-corrected chi connectivity index (χ3v) is 6.66. The van der Waals surface area contributed by atoms with Crippen LogP contribution < -0.4 is 0 Å². The Labute approximate surface area is 180 Å². The van der Waals surface area contributed by atoms with Gasteiger partial charge in [-0.3, -0.25) is 4.79 Å². The standard InChI is InChI=1S/C24H36O4S/c1-4-6-7-8-12-15-23(29-19-13-10-9-11-14-19)24-20(17-25)21(26)16-22(24)28-18(3)27-5-2/h9-15,18,20,22-25H,4-8,16-17H2,1-3H3. The molecule has 162 valence electrons. The fourth-order valence-electron chi connectivity index (χ4n) is 3.93. The second-order valence-electron chi connectivity index (χ2n) is 7.55. The number of ketones is 1. The summed E-state index contributed by atoms with van der Waals surface area (Å²) < 4.78 is 11.7. The molecule has 1 aliphatic rings. The predicted octanol–water partition coefficient (Wildman–Crippen LogP) is 5.25. The molecule has 0 heterocycles. The summed E-state index contributed by atoms with van der Waals surface area (Å²) in [6, 6.07) is 10.2. The predicted molar refractivity (Wildman–Crippen MR) is 119 cm³/mol. The molecule has 1 fully saturated rings. The van der Waals surface area contributed by atoms with Crippen LogP contribution in [-0.4, -0.2) is 41.7 Å². The molecule has 5 unspecified atom stereocenters. The number of benzene rings is 1. The molecule has 5 heteroatoms. The van der Waals surface area contributed by atoms with Crippen LogP contribution in [0.5, 0.6) is 0 Å². The molecule has 0 radical (unpaired) electrons. The average Bonchev–Trinajstić information content (AvgIpc) is 3.02. The summed E-state index contributed by atoms with van der Waals surface area (Å²) in [5.74, 6) is -0.386. The third-order valence-electron chi connectivity index (χ3n) is 5.37. The van der Waals surface area contributed by atoms with E-state index in [1.807, 2.05) is 32.0 Å². The Bertz CT molecular complexity index is 619. The molecule has 1 aliphatic carbocycles. The van der Waals surface area contributed by atoms with Crippen molar-refractivity contribution in [2.75, 3.05) is 13.2 Å². The van der Waals surface area contributed by atoms with Crippen LogP contribution in [0.25, 0.3) is 0 Å². The Morgan fingerprint density at radius 1 is 1.24 bits per heavy atom. The van der Waals surface area contributed by atoms with E-state index in [0.29, 0.717) is 13.0 Å². The highest BCUT2D eigenvalue weighted by molar-refractivity contribution is 8.00. The minimum atomic E-state index is -0.393. The Morgan fingerprint density at radius 2 is 2.00 bits per heavy atom. The maximum Gasteiger partial charge on any atom is 0.155 e. The van der Waals surface area contributed by atoms with Gasteiger partial charge in [-0.05, 0) is 38.8 Å². The first kappa shape index (κ1) is 24.1. The summed E-state index contributed by atoms with van der Waals surface area (Å²) in [6.07, 6.45) is 8.80. The summed E-state index contributed by atoms with van der Waals surface area (Å²) >= 11 is 1.74. The smallest absolute Gasteiger partial charge is 0.155 e. The number of aliphatic hydroxyl groups is 1. The van der Waals surface area contributed by atoms with Gasteiger partial charge >= 0.3 is 0 Å². The molecule has 0 saturated heterocycles. The lowest BCUT2D eigenvalue weighted by molar-refractivity contribution is -0.166. The first-order valence-electron chi connectivity index (χ1n) is 10.9. The van der Waals surface area contributed by atoms with E-state index in [2.05, 4.69) is 31.2 Å². The minimum absolute atomic E-state index is 0.0569. The molecule has 5 atom stereocenters. The average molecular weight is 421 g/mol. The number of ether oxygens (including phenoxy) is 2. The minimum Gasteiger partial charge on any atom is -0.396 e. The van der Waals surface area contributed by atoms with Crippen LogP contribution in [0.4, 0.5) is 0 Å². The highest BCUT2D eigenvalue weighted by Gasteiger charge is 2.47. The molecular weight excluding hydrogens is 384 g/mol. The molecule has 0 bridgehead atoms. The first-order valence-corrected chi connectivity index (χ1v) is 11.8. The number of thioether (sulfide) groups is 1. The zero-order valence-electron chi connectivity index (χ0n) is 18.0. The summed E-state index contributed by atoms with van der Waals surface area (Å²) in [4.78, 5) is 13.8. The van der Waals surface area contributed by atoms with Gasteiger partial charge in [0.05, 0.1) is 12.7 Å². The van der Waals surface area contributed by atoms with Crippen molar-refractivity contribution < 1.29 is 19.4 Å². The van der Waals surface area contributed by atoms with Gasteiger partial charge in [-0.15, -0.1) is 11.8 Å². The van der Waals surface area contributed by atoms with E-state index in [4.69, 9.17) is 9.47 Å². The van der Waals surface area contributed by atoms with Crippen molar-refractivity contribution in [1.82, 2.24) is 0 Å². The van der Waals surface area contributed by atoms with E-state index in [1.54, 1.807) is 11.8 Å². The normalized spacial score (nSPS) is 24.3. The topological polar surface area (TPSA) is 55.8 Å². The fourth-order valence-corrected chi connectivity index (χ4v) is 5.27. The first-order chi connectivity index (χ1) is 14.1. The lowest BCUT2D eigenvalue weighted by Crippen LogP contribution is -2.35. The van der Waals surface area contributed by atoms with Crippen molar-refractivity contribution in [2.24, 2.45) is 11.8 Å². The van der Waals surface area contributed by atoms with E-state index in [1.165, 1.54) is 19.3 Å². The molecule has 1 aromatic carbocycles. The lowest BCUT2D eigenvalue weighted by Gasteiger charge is -2.31. The van der Waals surface area contributed by atoms with Crippen LogP contribution in [0, 0.1) is 11.8 Å². The number of hydrogen-bond acceptors (Lipinski definition) is 5. The van der Waals surface area contributed by atoms with E-state index in [9.17, 15) is 9.90 Å². The van der Waals surface area contributed by atoms with Gasteiger partial charge in [0.2, 0.25) is 0 Å². The summed E-state index contributed by atoms with van der Waals surface area (Å²) in [5.41, 5.74) is 0. The van der Waals surface area contributed by atoms with Crippen molar-refractivity contribution in [3.63, 3.8) is 0 Å².